The van der Waals surface area contributed by atoms with Gasteiger partial charge in [-0.3, -0.25) is 9.48 Å². The predicted molar refractivity (Wildman–Crippen MR) is 107 cm³/mol. The Labute approximate surface area is 163 Å². The van der Waals surface area contributed by atoms with E-state index in [1.807, 2.05) is 40.8 Å². The molecule has 1 aromatic carbocycles. The fourth-order valence-corrected chi connectivity index (χ4v) is 3.24. The van der Waals surface area contributed by atoms with Gasteiger partial charge in [-0.2, -0.15) is 5.10 Å². The number of carbonyl (C=O) groups excluding carboxylic acids is 1. The molecule has 0 spiro atoms. The zero-order chi connectivity index (χ0) is 20.6. The molecule has 0 aliphatic rings. The lowest BCUT2D eigenvalue weighted by Crippen LogP contribution is -2.29. The van der Waals surface area contributed by atoms with Crippen molar-refractivity contribution < 1.29 is 13.9 Å². The van der Waals surface area contributed by atoms with Gasteiger partial charge in [0.05, 0.1) is 5.69 Å². The van der Waals surface area contributed by atoms with Crippen molar-refractivity contribution in [2.75, 3.05) is 6.61 Å². The number of hydrogen-bond donors (Lipinski definition) is 1. The number of carbonyl (C=O) groups is 1. The van der Waals surface area contributed by atoms with E-state index >= 15 is 0 Å². The van der Waals surface area contributed by atoms with Gasteiger partial charge in [0.2, 0.25) is 0 Å². The number of ether oxygens (including phenoxy) is 1. The van der Waals surface area contributed by atoms with E-state index in [9.17, 15) is 9.59 Å². The minimum atomic E-state index is -0.356. The summed E-state index contributed by atoms with van der Waals surface area (Å²) in [5.74, 6) is 0.284. The molecule has 1 amide bonds. The molecule has 0 aliphatic heterocycles. The Bertz CT molecular complexity index is 1130. The Balaban J connectivity index is 1.71. The topological polar surface area (TPSA) is 86.4 Å². The van der Waals surface area contributed by atoms with Crippen molar-refractivity contribution in [1.29, 1.82) is 0 Å². The van der Waals surface area contributed by atoms with Gasteiger partial charge in [-0.25, -0.2) is 4.79 Å². The molecule has 7 heteroatoms. The third-order valence-corrected chi connectivity index (χ3v) is 5.30. The van der Waals surface area contributed by atoms with Crippen LogP contribution in [-0.2, 0) is 18.4 Å². The maximum absolute atomic E-state index is 12.2. The maximum Gasteiger partial charge on any atom is 0.339 e. The zero-order valence-corrected chi connectivity index (χ0v) is 17.1. The van der Waals surface area contributed by atoms with E-state index in [1.165, 1.54) is 0 Å². The maximum atomic E-state index is 12.2. The molecule has 2 aromatic heterocycles. The van der Waals surface area contributed by atoms with Crippen LogP contribution in [-0.4, -0.2) is 22.3 Å². The molecule has 0 radical (unpaired) electrons. The highest BCUT2D eigenvalue weighted by Gasteiger charge is 2.14. The average molecular weight is 383 g/mol. The van der Waals surface area contributed by atoms with E-state index in [1.54, 1.807) is 17.7 Å². The number of hydrogen-bond acceptors (Lipinski definition) is 5. The highest BCUT2D eigenvalue weighted by Crippen LogP contribution is 2.29. The van der Waals surface area contributed by atoms with Crippen LogP contribution in [0.1, 0.15) is 33.6 Å². The second-order valence-corrected chi connectivity index (χ2v) is 7.04. The lowest BCUT2D eigenvalue weighted by molar-refractivity contribution is -0.123. The molecule has 0 bridgehead atoms. The molecule has 0 saturated carbocycles. The molecule has 0 fully saturated rings. The largest absolute Gasteiger partial charge is 0.483 e. The lowest BCUT2D eigenvalue weighted by Gasteiger charge is -2.12. The van der Waals surface area contributed by atoms with Gasteiger partial charge in [-0.15, -0.1) is 0 Å². The van der Waals surface area contributed by atoms with Crippen molar-refractivity contribution in [2.24, 2.45) is 7.05 Å². The Morgan fingerprint density at radius 2 is 1.86 bits per heavy atom. The molecule has 3 rings (SSSR count). The first-order valence-electron chi connectivity index (χ1n) is 9.13. The number of aryl methyl sites for hydroxylation is 4. The summed E-state index contributed by atoms with van der Waals surface area (Å²) in [6, 6.07) is 3.65. The van der Waals surface area contributed by atoms with E-state index in [4.69, 9.17) is 9.15 Å². The van der Waals surface area contributed by atoms with Crippen molar-refractivity contribution in [3.05, 3.63) is 56.2 Å². The van der Waals surface area contributed by atoms with Crippen molar-refractivity contribution in [3.63, 3.8) is 0 Å². The zero-order valence-electron chi connectivity index (χ0n) is 17.1. The second kappa shape index (κ2) is 7.50. The van der Waals surface area contributed by atoms with Crippen LogP contribution >= 0.6 is 0 Å². The van der Waals surface area contributed by atoms with Crippen molar-refractivity contribution in [2.45, 2.75) is 41.2 Å². The van der Waals surface area contributed by atoms with E-state index in [0.29, 0.717) is 29.0 Å². The molecule has 0 unspecified atom stereocenters. The van der Waals surface area contributed by atoms with Crippen LogP contribution in [0.2, 0.25) is 0 Å². The first-order valence-corrected chi connectivity index (χ1v) is 9.13. The summed E-state index contributed by atoms with van der Waals surface area (Å²) in [5, 5.41) is 8.07. The number of nitrogens with one attached hydrogen (secondary N) is 1. The fraction of sp³-hybridized carbons (Fsp3) is 0.381. The van der Waals surface area contributed by atoms with Gasteiger partial charge in [-0.1, -0.05) is 0 Å². The summed E-state index contributed by atoms with van der Waals surface area (Å²) in [7, 11) is 1.88. The molecule has 28 heavy (non-hydrogen) atoms. The molecule has 1 N–H and O–H groups in total. The Kier molecular flexibility index (Phi) is 5.27. The third-order valence-electron chi connectivity index (χ3n) is 5.30. The number of amides is 1. The van der Waals surface area contributed by atoms with Crippen molar-refractivity contribution >= 4 is 16.9 Å². The Hall–Kier alpha value is -3.09. The van der Waals surface area contributed by atoms with E-state index in [-0.39, 0.29) is 18.1 Å². The van der Waals surface area contributed by atoms with Gasteiger partial charge >= 0.3 is 5.63 Å². The number of fused-ring (bicyclic) bond motifs is 1. The van der Waals surface area contributed by atoms with Gasteiger partial charge in [0.15, 0.2) is 6.61 Å². The number of nitrogens with zero attached hydrogens (tertiary/aromatic N) is 2. The van der Waals surface area contributed by atoms with Crippen LogP contribution in [0.15, 0.2) is 21.3 Å². The van der Waals surface area contributed by atoms with Gasteiger partial charge in [0.25, 0.3) is 5.91 Å². The van der Waals surface area contributed by atoms with E-state index in [0.717, 1.165) is 27.9 Å². The smallest absolute Gasteiger partial charge is 0.339 e. The summed E-state index contributed by atoms with van der Waals surface area (Å²) in [5.41, 5.74) is 5.24. The van der Waals surface area contributed by atoms with Gasteiger partial charge < -0.3 is 14.5 Å². The quantitative estimate of drug-likeness (QED) is 0.685. The molecule has 3 aromatic rings. The summed E-state index contributed by atoms with van der Waals surface area (Å²) in [6.07, 6.45) is 0. The highest BCUT2D eigenvalue weighted by atomic mass is 16.5. The number of rotatable bonds is 5. The lowest BCUT2D eigenvalue weighted by atomic mass is 10.0. The van der Waals surface area contributed by atoms with Crippen LogP contribution in [0, 0.1) is 34.6 Å². The Morgan fingerprint density at radius 3 is 2.50 bits per heavy atom. The molecule has 0 aliphatic carbocycles. The molecule has 0 atom stereocenters. The summed E-state index contributed by atoms with van der Waals surface area (Å²) >= 11 is 0. The third kappa shape index (κ3) is 3.52. The minimum Gasteiger partial charge on any atom is -0.483 e. The van der Waals surface area contributed by atoms with E-state index < -0.39 is 0 Å². The standard InChI is InChI=1S/C21H25N3O4/c1-11-12(2)21(26)28-20-13(3)18(8-7-16(11)20)27-10-19(25)22-9-17-14(4)23-24(6)15(17)5/h7-8H,9-10H2,1-6H3,(H,22,25). The van der Waals surface area contributed by atoms with Crippen LogP contribution in [0.4, 0.5) is 0 Å². The second-order valence-electron chi connectivity index (χ2n) is 7.04. The molecule has 148 valence electrons. The molecular weight excluding hydrogens is 358 g/mol. The summed E-state index contributed by atoms with van der Waals surface area (Å²) in [4.78, 5) is 24.2. The minimum absolute atomic E-state index is 0.125. The van der Waals surface area contributed by atoms with Crippen molar-refractivity contribution in [1.82, 2.24) is 15.1 Å². The fourth-order valence-electron chi connectivity index (χ4n) is 3.24. The molecule has 0 saturated heterocycles. The number of aromatic nitrogens is 2. The predicted octanol–water partition coefficient (Wildman–Crippen LogP) is 2.76. The van der Waals surface area contributed by atoms with Gasteiger partial charge in [0, 0.05) is 41.4 Å². The van der Waals surface area contributed by atoms with Gasteiger partial charge in [-0.05, 0) is 52.3 Å². The summed E-state index contributed by atoms with van der Waals surface area (Å²) < 4.78 is 12.9. The normalized spacial score (nSPS) is 11.1. The highest BCUT2D eigenvalue weighted by molar-refractivity contribution is 5.85. The van der Waals surface area contributed by atoms with Crippen LogP contribution in [0.25, 0.3) is 11.0 Å². The summed E-state index contributed by atoms with van der Waals surface area (Å²) in [6.45, 7) is 9.61. The average Bonchev–Trinajstić information content (AvgIpc) is 2.90. The molecule has 7 nitrogen and oxygen atoms in total. The SMILES string of the molecule is Cc1nn(C)c(C)c1CNC(=O)COc1ccc2c(C)c(C)c(=O)oc2c1C. The first kappa shape index (κ1) is 19.7. The number of benzene rings is 1. The van der Waals surface area contributed by atoms with Gasteiger partial charge in [0.1, 0.15) is 11.3 Å². The van der Waals surface area contributed by atoms with Crippen molar-refractivity contribution in [3.8, 4) is 5.75 Å². The van der Waals surface area contributed by atoms with Crippen LogP contribution < -0.4 is 15.7 Å². The van der Waals surface area contributed by atoms with E-state index in [2.05, 4.69) is 10.4 Å². The first-order chi connectivity index (χ1) is 13.2. The van der Waals surface area contributed by atoms with Crippen LogP contribution in [0.3, 0.4) is 0 Å². The Morgan fingerprint density at radius 1 is 1.14 bits per heavy atom. The monoisotopic (exact) mass is 383 g/mol. The molecular formula is C21H25N3O4. The molecule has 2 heterocycles. The van der Waals surface area contributed by atoms with Crippen LogP contribution in [0.5, 0.6) is 5.75 Å².